The average molecular weight is 319 g/mol. The zero-order valence-corrected chi connectivity index (χ0v) is 13.3. The SMILES string of the molecule is COCC(N)C(=O)NCC(C)Oc1cccc(OC)c1.Cl. The summed E-state index contributed by atoms with van der Waals surface area (Å²) in [6.45, 7) is 2.42. The number of hydrogen-bond donors (Lipinski definition) is 2. The van der Waals surface area contributed by atoms with Crippen LogP contribution in [0.3, 0.4) is 0 Å². The maximum Gasteiger partial charge on any atom is 0.239 e. The smallest absolute Gasteiger partial charge is 0.239 e. The van der Waals surface area contributed by atoms with Gasteiger partial charge in [0.05, 0.1) is 20.3 Å². The van der Waals surface area contributed by atoms with E-state index in [4.69, 9.17) is 19.9 Å². The molecule has 0 saturated carbocycles. The Morgan fingerprint density at radius 3 is 2.62 bits per heavy atom. The molecule has 0 aliphatic carbocycles. The molecule has 6 nitrogen and oxygen atoms in total. The van der Waals surface area contributed by atoms with Gasteiger partial charge in [0.2, 0.25) is 5.91 Å². The fourth-order valence-corrected chi connectivity index (χ4v) is 1.58. The van der Waals surface area contributed by atoms with Crippen molar-refractivity contribution in [1.82, 2.24) is 5.32 Å². The molecule has 2 atom stereocenters. The first-order chi connectivity index (χ1) is 9.56. The highest BCUT2D eigenvalue weighted by molar-refractivity contribution is 5.85. The summed E-state index contributed by atoms with van der Waals surface area (Å²) in [4.78, 5) is 11.6. The third-order valence-electron chi connectivity index (χ3n) is 2.63. The topological polar surface area (TPSA) is 82.8 Å². The first-order valence-corrected chi connectivity index (χ1v) is 6.39. The van der Waals surface area contributed by atoms with Crippen molar-refractivity contribution in [3.8, 4) is 11.5 Å². The predicted octanol–water partition coefficient (Wildman–Crippen LogP) is 0.974. The van der Waals surface area contributed by atoms with E-state index in [9.17, 15) is 4.79 Å². The highest BCUT2D eigenvalue weighted by Gasteiger charge is 2.14. The van der Waals surface area contributed by atoms with Crippen molar-refractivity contribution in [3.05, 3.63) is 24.3 Å². The Bertz CT molecular complexity index is 431. The number of halogens is 1. The van der Waals surface area contributed by atoms with Crippen LogP contribution in [0, 0.1) is 0 Å². The molecule has 0 bridgehead atoms. The molecular weight excluding hydrogens is 296 g/mol. The van der Waals surface area contributed by atoms with Crippen molar-refractivity contribution < 1.29 is 19.0 Å². The molecule has 0 saturated heterocycles. The van der Waals surface area contributed by atoms with E-state index in [1.54, 1.807) is 13.2 Å². The maximum absolute atomic E-state index is 11.6. The zero-order chi connectivity index (χ0) is 15.0. The summed E-state index contributed by atoms with van der Waals surface area (Å²) in [7, 11) is 3.10. The minimum atomic E-state index is -0.663. The van der Waals surface area contributed by atoms with Gasteiger partial charge in [0.1, 0.15) is 23.6 Å². The fraction of sp³-hybridized carbons (Fsp3) is 0.500. The predicted molar refractivity (Wildman–Crippen MR) is 83.2 cm³/mol. The number of rotatable bonds is 8. The molecule has 0 fully saturated rings. The van der Waals surface area contributed by atoms with Crippen LogP contribution in [0.25, 0.3) is 0 Å². The largest absolute Gasteiger partial charge is 0.497 e. The third-order valence-corrected chi connectivity index (χ3v) is 2.63. The summed E-state index contributed by atoms with van der Waals surface area (Å²) >= 11 is 0. The van der Waals surface area contributed by atoms with Gasteiger partial charge >= 0.3 is 0 Å². The third kappa shape index (κ3) is 7.17. The Morgan fingerprint density at radius 1 is 1.33 bits per heavy atom. The van der Waals surface area contributed by atoms with Crippen molar-refractivity contribution in [2.45, 2.75) is 19.1 Å². The van der Waals surface area contributed by atoms with Crippen LogP contribution in [-0.4, -0.2) is 45.4 Å². The number of benzene rings is 1. The van der Waals surface area contributed by atoms with Gasteiger partial charge in [0.25, 0.3) is 0 Å². The first kappa shape index (κ1) is 19.5. The monoisotopic (exact) mass is 318 g/mol. The second-order valence-corrected chi connectivity index (χ2v) is 4.41. The number of hydrogen-bond acceptors (Lipinski definition) is 5. The maximum atomic E-state index is 11.6. The van der Waals surface area contributed by atoms with Crippen LogP contribution in [0.4, 0.5) is 0 Å². The van der Waals surface area contributed by atoms with Gasteiger partial charge in [0.15, 0.2) is 0 Å². The molecule has 3 N–H and O–H groups in total. The molecule has 1 aromatic carbocycles. The van der Waals surface area contributed by atoms with Gasteiger partial charge in [-0.25, -0.2) is 0 Å². The molecule has 21 heavy (non-hydrogen) atoms. The second-order valence-electron chi connectivity index (χ2n) is 4.41. The summed E-state index contributed by atoms with van der Waals surface area (Å²) in [5.41, 5.74) is 5.61. The van der Waals surface area contributed by atoms with Crippen LogP contribution < -0.4 is 20.5 Å². The van der Waals surface area contributed by atoms with E-state index < -0.39 is 6.04 Å². The number of nitrogens with one attached hydrogen (secondary N) is 1. The summed E-state index contributed by atoms with van der Waals surface area (Å²) in [5.74, 6) is 1.15. The number of nitrogens with two attached hydrogens (primary N) is 1. The molecule has 1 amide bonds. The second kappa shape index (κ2) is 10.3. The van der Waals surface area contributed by atoms with Crippen LogP contribution in [-0.2, 0) is 9.53 Å². The molecule has 0 aromatic heterocycles. The Kier molecular flexibility index (Phi) is 9.53. The van der Waals surface area contributed by atoms with Crippen LogP contribution in [0.15, 0.2) is 24.3 Å². The van der Waals surface area contributed by atoms with Crippen LogP contribution in [0.5, 0.6) is 11.5 Å². The quantitative estimate of drug-likeness (QED) is 0.746. The zero-order valence-electron chi connectivity index (χ0n) is 12.5. The summed E-state index contributed by atoms with van der Waals surface area (Å²) < 4.78 is 15.6. The minimum Gasteiger partial charge on any atom is -0.497 e. The van der Waals surface area contributed by atoms with E-state index in [-0.39, 0.29) is 31.0 Å². The van der Waals surface area contributed by atoms with E-state index in [2.05, 4.69) is 5.32 Å². The first-order valence-electron chi connectivity index (χ1n) is 6.39. The molecule has 0 aliphatic rings. The molecule has 0 spiro atoms. The lowest BCUT2D eigenvalue weighted by Crippen LogP contribution is -2.46. The van der Waals surface area contributed by atoms with Crippen molar-refractivity contribution in [1.29, 1.82) is 0 Å². The number of amides is 1. The minimum absolute atomic E-state index is 0. The van der Waals surface area contributed by atoms with Crippen molar-refractivity contribution in [2.24, 2.45) is 5.73 Å². The molecule has 2 unspecified atom stereocenters. The molecule has 0 radical (unpaired) electrons. The molecule has 1 rings (SSSR count). The molecule has 120 valence electrons. The van der Waals surface area contributed by atoms with E-state index in [0.29, 0.717) is 12.3 Å². The van der Waals surface area contributed by atoms with Gasteiger partial charge < -0.3 is 25.3 Å². The fourth-order valence-electron chi connectivity index (χ4n) is 1.58. The van der Waals surface area contributed by atoms with E-state index in [0.717, 1.165) is 5.75 Å². The number of ether oxygens (including phenoxy) is 3. The van der Waals surface area contributed by atoms with Crippen LogP contribution >= 0.6 is 12.4 Å². The van der Waals surface area contributed by atoms with Crippen LogP contribution in [0.1, 0.15) is 6.92 Å². The van der Waals surface area contributed by atoms with Gasteiger partial charge in [-0.1, -0.05) is 6.07 Å². The molecule has 0 aliphatic heterocycles. The number of carbonyl (C=O) groups is 1. The Morgan fingerprint density at radius 2 is 2.00 bits per heavy atom. The molecular formula is C14H23ClN2O4. The molecule has 1 aromatic rings. The molecule has 0 heterocycles. The van der Waals surface area contributed by atoms with Gasteiger partial charge in [-0.3, -0.25) is 4.79 Å². The van der Waals surface area contributed by atoms with Crippen molar-refractivity contribution in [2.75, 3.05) is 27.4 Å². The lowest BCUT2D eigenvalue weighted by Gasteiger charge is -2.17. The van der Waals surface area contributed by atoms with Gasteiger partial charge in [0, 0.05) is 13.2 Å². The summed E-state index contributed by atoms with van der Waals surface area (Å²) in [6, 6.07) is 6.63. The van der Waals surface area contributed by atoms with Crippen molar-refractivity contribution in [3.63, 3.8) is 0 Å². The average Bonchev–Trinajstić information content (AvgIpc) is 2.45. The highest BCUT2D eigenvalue weighted by Crippen LogP contribution is 2.19. The lowest BCUT2D eigenvalue weighted by atomic mass is 10.3. The van der Waals surface area contributed by atoms with Crippen LogP contribution in [0.2, 0.25) is 0 Å². The lowest BCUT2D eigenvalue weighted by molar-refractivity contribution is -0.123. The number of methoxy groups -OCH3 is 2. The van der Waals surface area contributed by atoms with Crippen molar-refractivity contribution >= 4 is 18.3 Å². The van der Waals surface area contributed by atoms with E-state index in [1.807, 2.05) is 25.1 Å². The van der Waals surface area contributed by atoms with E-state index >= 15 is 0 Å². The Hall–Kier alpha value is -1.50. The molecule has 7 heteroatoms. The van der Waals surface area contributed by atoms with Gasteiger partial charge in [-0.05, 0) is 19.1 Å². The van der Waals surface area contributed by atoms with E-state index in [1.165, 1.54) is 7.11 Å². The normalized spacial score (nSPS) is 12.8. The summed E-state index contributed by atoms with van der Waals surface area (Å²) in [5, 5.41) is 2.72. The Labute approximate surface area is 131 Å². The van der Waals surface area contributed by atoms with Gasteiger partial charge in [-0.15, -0.1) is 12.4 Å². The highest BCUT2D eigenvalue weighted by atomic mass is 35.5. The van der Waals surface area contributed by atoms with Gasteiger partial charge in [-0.2, -0.15) is 0 Å². The number of carbonyl (C=O) groups excluding carboxylic acids is 1. The Balaban J connectivity index is 0.00000400. The summed E-state index contributed by atoms with van der Waals surface area (Å²) in [6.07, 6.45) is -0.180. The standard InChI is InChI=1S/C14H22N2O4.ClH/c1-10(8-16-14(17)13(15)9-18-2)20-12-6-4-5-11(7-12)19-3;/h4-7,10,13H,8-9,15H2,1-3H3,(H,16,17);1H.